The minimum absolute atomic E-state index is 0.0363. The number of ether oxygens (including phenoxy) is 3. The summed E-state index contributed by atoms with van der Waals surface area (Å²) in [5.41, 5.74) is 0.223. The summed E-state index contributed by atoms with van der Waals surface area (Å²) in [6.07, 6.45) is 16.5. The molecule has 2 aliphatic heterocycles. The lowest BCUT2D eigenvalue weighted by molar-refractivity contribution is -0.156. The fourth-order valence-electron chi connectivity index (χ4n) is 10.4. The van der Waals surface area contributed by atoms with Gasteiger partial charge in [0.2, 0.25) is 27.7 Å². The second-order valence-corrected chi connectivity index (χ2v) is 20.2. The Kier molecular flexibility index (Phi) is 12.7. The van der Waals surface area contributed by atoms with Crippen LogP contribution < -0.4 is 14.2 Å². The average molecular weight is 844 g/mol. The van der Waals surface area contributed by atoms with Crippen LogP contribution in [0.4, 0.5) is 0 Å². The highest BCUT2D eigenvalue weighted by atomic mass is 32.2. The lowest BCUT2D eigenvalue weighted by Crippen LogP contribution is -2.47. The number of amides is 2. The summed E-state index contributed by atoms with van der Waals surface area (Å²) in [5, 5.41) is 0.279. The van der Waals surface area contributed by atoms with E-state index in [9.17, 15) is 22.8 Å². The highest BCUT2D eigenvalue weighted by Gasteiger charge is 2.61. The van der Waals surface area contributed by atoms with Crippen LogP contribution in [0, 0.1) is 29.1 Å². The summed E-state index contributed by atoms with van der Waals surface area (Å²) < 4.78 is 47.7. The molecule has 3 heterocycles. The molecule has 4 aliphatic carbocycles. The van der Waals surface area contributed by atoms with Gasteiger partial charge in [0.15, 0.2) is 5.78 Å². The van der Waals surface area contributed by atoms with E-state index >= 15 is 4.79 Å². The Labute approximate surface area is 354 Å². The minimum atomic E-state index is -3.86. The smallest absolute Gasteiger partial charge is 0.306 e. The van der Waals surface area contributed by atoms with Crippen molar-refractivity contribution >= 4 is 44.5 Å². The first-order valence-electron chi connectivity index (χ1n) is 22.6. The Balaban J connectivity index is 1.16. The number of Topliss-reactive ketones (excluding diaryl/α,β-unsaturated/α-hetero) is 1. The van der Waals surface area contributed by atoms with Crippen molar-refractivity contribution in [2.75, 3.05) is 13.2 Å². The number of nitrogens with zero attached hydrogens (tertiary/aromatic N) is 2. The molecule has 6 aliphatic rings. The molecular formula is C47H61N3O9S. The predicted molar refractivity (Wildman–Crippen MR) is 226 cm³/mol. The number of para-hydroxylation sites is 1. The van der Waals surface area contributed by atoms with Gasteiger partial charge in [-0.15, -0.1) is 6.58 Å². The van der Waals surface area contributed by atoms with Gasteiger partial charge in [0.1, 0.15) is 18.0 Å². The number of carbonyl (C=O) groups excluding carboxylic acids is 4. The van der Waals surface area contributed by atoms with Crippen molar-refractivity contribution in [3.63, 3.8) is 0 Å². The number of sulfonamides is 1. The molecule has 2 amide bonds. The summed E-state index contributed by atoms with van der Waals surface area (Å²) in [7, 11) is -3.86. The van der Waals surface area contributed by atoms with Gasteiger partial charge in [-0.1, -0.05) is 56.5 Å². The first-order chi connectivity index (χ1) is 29.0. The number of esters is 1. The molecule has 5 fully saturated rings. The maximum absolute atomic E-state index is 15.1. The number of fused-ring (bicyclic) bond motifs is 5. The monoisotopic (exact) mass is 843 g/mol. The molecule has 7 atom stereocenters. The Morgan fingerprint density at radius 2 is 1.80 bits per heavy atom. The fraction of sp³-hybridized carbons (Fsp3) is 0.638. The number of ketones is 1. The van der Waals surface area contributed by atoms with Crippen LogP contribution in [0.1, 0.15) is 122 Å². The number of unbranched alkanes of at least 4 members (excludes halogenated alkanes) is 1. The predicted octanol–water partition coefficient (Wildman–Crippen LogP) is 7.32. The zero-order chi connectivity index (χ0) is 42.0. The topological polar surface area (TPSA) is 158 Å². The summed E-state index contributed by atoms with van der Waals surface area (Å²) >= 11 is 0. The fourth-order valence-corrected chi connectivity index (χ4v) is 11.8. The molecule has 2 bridgehead atoms. The van der Waals surface area contributed by atoms with E-state index in [1.807, 2.05) is 24.3 Å². The average Bonchev–Trinajstić information content (AvgIpc) is 4.02. The zero-order valence-electron chi connectivity index (χ0n) is 35.0. The number of carbonyl (C=O) groups is 4. The lowest BCUT2D eigenvalue weighted by atomic mass is 9.86. The molecule has 0 radical (unpaired) electrons. The van der Waals surface area contributed by atoms with Crippen LogP contribution in [-0.4, -0.2) is 78.5 Å². The molecule has 1 aromatic carbocycles. The van der Waals surface area contributed by atoms with E-state index in [0.717, 1.165) is 81.6 Å². The molecular weight excluding hydrogens is 783 g/mol. The Morgan fingerprint density at radius 3 is 2.55 bits per heavy atom. The van der Waals surface area contributed by atoms with Crippen molar-refractivity contribution in [2.45, 2.75) is 146 Å². The maximum atomic E-state index is 15.1. The third-order valence-corrected chi connectivity index (χ3v) is 16.0. The molecule has 8 rings (SSSR count). The Hall–Kier alpha value is -4.26. The van der Waals surface area contributed by atoms with Gasteiger partial charge in [-0.25, -0.2) is 13.4 Å². The molecule has 1 aromatic heterocycles. The number of pyridine rings is 1. The number of allylic oxidation sites excluding steroid dienone is 3. The zero-order valence-corrected chi connectivity index (χ0v) is 35.8. The van der Waals surface area contributed by atoms with Crippen molar-refractivity contribution < 1.29 is 41.8 Å². The van der Waals surface area contributed by atoms with Gasteiger partial charge in [-0.05, 0) is 107 Å². The molecule has 0 spiro atoms. The van der Waals surface area contributed by atoms with Gasteiger partial charge < -0.3 is 19.1 Å². The quantitative estimate of drug-likeness (QED) is 0.130. The molecule has 1 unspecified atom stereocenters. The highest BCUT2D eigenvalue weighted by Crippen LogP contribution is 2.57. The van der Waals surface area contributed by atoms with Crippen molar-refractivity contribution in [2.24, 2.45) is 29.1 Å². The Bertz CT molecular complexity index is 2110. The maximum Gasteiger partial charge on any atom is 0.306 e. The van der Waals surface area contributed by atoms with Crippen LogP contribution in [0.2, 0.25) is 0 Å². The number of hydrogen-bond donors (Lipinski definition) is 1. The first kappa shape index (κ1) is 42.4. The van der Waals surface area contributed by atoms with Crippen LogP contribution >= 0.6 is 0 Å². The third kappa shape index (κ3) is 9.02. The van der Waals surface area contributed by atoms with Crippen molar-refractivity contribution in [1.82, 2.24) is 14.6 Å². The number of benzene rings is 1. The van der Waals surface area contributed by atoms with E-state index in [1.165, 1.54) is 0 Å². The number of hydrogen-bond acceptors (Lipinski definition) is 10. The number of nitrogens with one attached hydrogen (secondary N) is 1. The molecule has 4 saturated carbocycles. The lowest BCUT2D eigenvalue weighted by Gasteiger charge is -2.31. The summed E-state index contributed by atoms with van der Waals surface area (Å²) in [5.74, 6) is -1.46. The van der Waals surface area contributed by atoms with Gasteiger partial charge in [-0.2, -0.15) is 0 Å². The van der Waals surface area contributed by atoms with Gasteiger partial charge >= 0.3 is 5.97 Å². The molecule has 1 saturated heterocycles. The van der Waals surface area contributed by atoms with E-state index in [2.05, 4.69) is 30.4 Å². The van der Waals surface area contributed by atoms with Crippen LogP contribution in [0.3, 0.4) is 0 Å². The minimum Gasteiger partial charge on any atom is -0.492 e. The van der Waals surface area contributed by atoms with Crippen LogP contribution in [-0.2, 0) is 40.4 Å². The molecule has 2 aromatic rings. The van der Waals surface area contributed by atoms with Crippen LogP contribution in [0.5, 0.6) is 11.6 Å². The van der Waals surface area contributed by atoms with E-state index in [0.29, 0.717) is 43.0 Å². The summed E-state index contributed by atoms with van der Waals surface area (Å²) in [6.45, 7) is 6.60. The molecule has 12 nitrogen and oxygen atoms in total. The largest absolute Gasteiger partial charge is 0.492 e. The molecule has 60 heavy (non-hydrogen) atoms. The van der Waals surface area contributed by atoms with Crippen molar-refractivity contribution in [1.29, 1.82) is 0 Å². The van der Waals surface area contributed by atoms with E-state index in [4.69, 9.17) is 19.2 Å². The van der Waals surface area contributed by atoms with E-state index in [1.54, 1.807) is 11.0 Å². The van der Waals surface area contributed by atoms with Gasteiger partial charge in [0.05, 0.1) is 53.3 Å². The molecule has 1 N–H and O–H groups in total. The number of rotatable bonds is 12. The van der Waals surface area contributed by atoms with E-state index < -0.39 is 44.7 Å². The first-order valence-corrected chi connectivity index (χ1v) is 24.1. The van der Waals surface area contributed by atoms with Crippen LogP contribution in [0.25, 0.3) is 10.9 Å². The van der Waals surface area contributed by atoms with Gasteiger partial charge in [0.25, 0.3) is 0 Å². The SMILES string of the molecule is C=CC1C[C@]1(CC(=O)[C@@H]1C[C@@H]2CN1C(=O)[C@H](C1CCCC1)CC(=O)O[C@@H]1CCC[C@H]1CC/C=C/Cc1c(nc3ccccc3c1OCCCC)O2)C(=O)NS(=O)(=O)C1CC1. The second kappa shape index (κ2) is 18.0. The normalized spacial score (nSPS) is 30.6. The van der Waals surface area contributed by atoms with Crippen molar-refractivity contribution in [3.05, 3.63) is 54.6 Å². The highest BCUT2D eigenvalue weighted by molar-refractivity contribution is 7.90. The second-order valence-electron chi connectivity index (χ2n) is 18.3. The molecule has 324 valence electrons. The third-order valence-electron chi connectivity index (χ3n) is 14.1. The standard InChI is InChI=1S/C47H61N3O9S/c1-3-5-24-57-43-35-18-11-12-20-38(35)48-44-36(43)19-8-6-7-16-31-17-13-21-41(31)59-42(52)26-37(30-14-9-10-15-30)45(53)50-29-33(58-44)25-39(50)40(51)28-47(27-32(47)4-2)46(54)49-60(55,56)34-22-23-34/h4,6,8,11-12,18,20,30-34,37,39,41H,2-3,5,7,9-10,13-17,19,21-29H2,1H3,(H,49,54)/b8-6+/t31-,32?,33-,37+,39+,41-,47-/m1/s1. The summed E-state index contributed by atoms with van der Waals surface area (Å²) in [4.78, 5) is 64.1. The van der Waals surface area contributed by atoms with Crippen LogP contribution in [0.15, 0.2) is 49.1 Å². The van der Waals surface area contributed by atoms with Gasteiger partial charge in [0, 0.05) is 18.2 Å². The van der Waals surface area contributed by atoms with Crippen molar-refractivity contribution in [3.8, 4) is 11.6 Å². The number of aromatic nitrogens is 1. The Morgan fingerprint density at radius 1 is 1.02 bits per heavy atom. The van der Waals surface area contributed by atoms with Gasteiger partial charge in [-0.3, -0.25) is 23.9 Å². The molecule has 13 heteroatoms. The van der Waals surface area contributed by atoms with E-state index in [-0.39, 0.29) is 73.7 Å². The summed E-state index contributed by atoms with van der Waals surface area (Å²) in [6, 6.07) is 6.85.